The molecular formula is C11H10N6O2S. The molecule has 0 aliphatic carbocycles. The molecule has 2 aliphatic rings. The molecule has 0 radical (unpaired) electrons. The molecule has 0 saturated heterocycles. The highest BCUT2D eigenvalue weighted by Crippen LogP contribution is 2.21. The Morgan fingerprint density at radius 1 is 1.40 bits per heavy atom. The minimum atomic E-state index is -0.381. The predicted octanol–water partition coefficient (Wildman–Crippen LogP) is 0.625. The van der Waals surface area contributed by atoms with E-state index in [4.69, 9.17) is 0 Å². The molecule has 8 nitrogen and oxygen atoms in total. The van der Waals surface area contributed by atoms with Crippen molar-refractivity contribution < 1.29 is 4.79 Å². The third-order valence-electron chi connectivity index (χ3n) is 2.68. The first-order chi connectivity index (χ1) is 9.54. The molecule has 3 rings (SSSR count). The average molecular weight is 290 g/mol. The van der Waals surface area contributed by atoms with Gasteiger partial charge in [-0.15, -0.1) is 10.2 Å². The molecule has 0 unspecified atom stereocenters. The van der Waals surface area contributed by atoms with E-state index in [2.05, 4.69) is 25.7 Å². The molecule has 0 bridgehead atoms. The van der Waals surface area contributed by atoms with Crippen molar-refractivity contribution in [2.45, 2.75) is 6.92 Å². The van der Waals surface area contributed by atoms with Crippen LogP contribution in [0.4, 0.5) is 5.13 Å². The van der Waals surface area contributed by atoms with Crippen LogP contribution in [0.15, 0.2) is 17.2 Å². The lowest BCUT2D eigenvalue weighted by Crippen LogP contribution is -2.16. The van der Waals surface area contributed by atoms with Gasteiger partial charge in [-0.2, -0.15) is 5.10 Å². The molecule has 102 valence electrons. The van der Waals surface area contributed by atoms with E-state index in [9.17, 15) is 9.59 Å². The van der Waals surface area contributed by atoms with Crippen LogP contribution in [0.2, 0.25) is 0 Å². The molecule has 20 heavy (non-hydrogen) atoms. The molecule has 0 atom stereocenters. The number of amides is 1. The van der Waals surface area contributed by atoms with Crippen LogP contribution in [-0.4, -0.2) is 30.9 Å². The second kappa shape index (κ2) is 4.53. The number of nitrogens with zero attached hydrogens (tertiary/aromatic N) is 4. The van der Waals surface area contributed by atoms with Gasteiger partial charge in [-0.05, 0) is 6.92 Å². The van der Waals surface area contributed by atoms with Crippen molar-refractivity contribution in [2.24, 2.45) is 7.05 Å². The summed E-state index contributed by atoms with van der Waals surface area (Å²) in [5.74, 6) is -0.381. The number of nitrogens with one attached hydrogen (secondary N) is 2. The van der Waals surface area contributed by atoms with Gasteiger partial charge in [0.15, 0.2) is 0 Å². The van der Waals surface area contributed by atoms with E-state index in [0.29, 0.717) is 22.0 Å². The monoisotopic (exact) mass is 290 g/mol. The smallest absolute Gasteiger partial charge is 0.275 e. The topological polar surface area (TPSA) is 106 Å². The summed E-state index contributed by atoms with van der Waals surface area (Å²) in [5, 5.41) is 17.7. The number of aromatic amines is 1. The number of carbonyl (C=O) groups excluding carboxylic acids is 1. The molecule has 1 amide bonds. The van der Waals surface area contributed by atoms with Gasteiger partial charge >= 0.3 is 0 Å². The molecule has 9 heteroatoms. The Labute approximate surface area is 116 Å². The number of carbonyl (C=O) groups is 1. The Hall–Kier alpha value is -2.55. The van der Waals surface area contributed by atoms with Crippen LogP contribution in [-0.2, 0) is 7.05 Å². The second-order valence-electron chi connectivity index (χ2n) is 4.23. The third-order valence-corrected chi connectivity index (χ3v) is 3.43. The minimum Gasteiger partial charge on any atom is -0.356 e. The van der Waals surface area contributed by atoms with Gasteiger partial charge < -0.3 is 4.57 Å². The summed E-state index contributed by atoms with van der Waals surface area (Å²) >= 11 is 1.27. The third kappa shape index (κ3) is 2.07. The van der Waals surface area contributed by atoms with Crippen LogP contribution in [0.3, 0.4) is 0 Å². The zero-order valence-electron chi connectivity index (χ0n) is 10.7. The van der Waals surface area contributed by atoms with E-state index in [0.717, 1.165) is 5.01 Å². The van der Waals surface area contributed by atoms with Gasteiger partial charge in [0, 0.05) is 19.4 Å². The Balaban J connectivity index is 2.00. The van der Waals surface area contributed by atoms with E-state index < -0.39 is 0 Å². The maximum Gasteiger partial charge on any atom is 0.275 e. The number of hydrogen-bond donors (Lipinski definition) is 2. The first-order valence-electron chi connectivity index (χ1n) is 5.70. The Morgan fingerprint density at radius 3 is 2.90 bits per heavy atom. The molecule has 0 aromatic carbocycles. The van der Waals surface area contributed by atoms with E-state index in [1.54, 1.807) is 30.9 Å². The molecule has 1 aromatic heterocycles. The number of hydrogen-bond acceptors (Lipinski definition) is 6. The van der Waals surface area contributed by atoms with E-state index in [1.807, 2.05) is 0 Å². The summed E-state index contributed by atoms with van der Waals surface area (Å²) in [6, 6.07) is 0. The van der Waals surface area contributed by atoms with Crippen molar-refractivity contribution in [3.8, 4) is 11.3 Å². The fraction of sp³-hybridized carbons (Fsp3) is 0.182. The summed E-state index contributed by atoms with van der Waals surface area (Å²) in [4.78, 5) is 23.8. The minimum absolute atomic E-state index is 0.302. The van der Waals surface area contributed by atoms with E-state index in [1.165, 1.54) is 11.3 Å². The molecule has 0 spiro atoms. The van der Waals surface area contributed by atoms with Gasteiger partial charge in [-0.3, -0.25) is 14.9 Å². The summed E-state index contributed by atoms with van der Waals surface area (Å²) < 4.78 is 1.64. The lowest BCUT2D eigenvalue weighted by atomic mass is 10.1. The highest BCUT2D eigenvalue weighted by molar-refractivity contribution is 7.15. The number of aromatic nitrogens is 5. The molecule has 0 fully saturated rings. The van der Waals surface area contributed by atoms with Gasteiger partial charge in [0.1, 0.15) is 10.7 Å². The quantitative estimate of drug-likeness (QED) is 0.720. The molecule has 2 aliphatic heterocycles. The van der Waals surface area contributed by atoms with Crippen molar-refractivity contribution in [1.82, 2.24) is 25.0 Å². The highest BCUT2D eigenvalue weighted by atomic mass is 32.1. The molecular weight excluding hydrogens is 280 g/mol. The maximum atomic E-state index is 12.3. The average Bonchev–Trinajstić information content (AvgIpc) is 2.96. The molecule has 2 N–H and O–H groups in total. The molecule has 3 heterocycles. The van der Waals surface area contributed by atoms with Gasteiger partial charge in [0.2, 0.25) is 5.13 Å². The van der Waals surface area contributed by atoms with Gasteiger partial charge in [-0.25, -0.2) is 5.10 Å². The zero-order chi connectivity index (χ0) is 14.3. The van der Waals surface area contributed by atoms with Crippen LogP contribution in [0.25, 0.3) is 11.3 Å². The normalized spacial score (nSPS) is 10.9. The Kier molecular flexibility index (Phi) is 2.83. The Bertz CT molecular complexity index is 817. The van der Waals surface area contributed by atoms with Gasteiger partial charge in [-0.1, -0.05) is 11.3 Å². The first kappa shape index (κ1) is 12.5. The maximum absolute atomic E-state index is 12.3. The number of rotatable bonds is 2. The predicted molar refractivity (Wildman–Crippen MR) is 73.0 cm³/mol. The summed E-state index contributed by atoms with van der Waals surface area (Å²) in [5.41, 5.74) is 0.689. The van der Waals surface area contributed by atoms with Crippen LogP contribution in [0.5, 0.6) is 0 Å². The molecule has 0 saturated carbocycles. The van der Waals surface area contributed by atoms with Crippen molar-refractivity contribution in [1.29, 1.82) is 0 Å². The zero-order valence-corrected chi connectivity index (χ0v) is 11.5. The van der Waals surface area contributed by atoms with Crippen LogP contribution in [0.1, 0.15) is 15.4 Å². The number of fused-ring (bicyclic) bond motifs is 1. The van der Waals surface area contributed by atoms with Crippen molar-refractivity contribution >= 4 is 22.4 Å². The van der Waals surface area contributed by atoms with E-state index in [-0.39, 0.29) is 11.5 Å². The fourth-order valence-electron chi connectivity index (χ4n) is 1.84. The second-order valence-corrected chi connectivity index (χ2v) is 5.41. The van der Waals surface area contributed by atoms with Crippen LogP contribution in [0, 0.1) is 6.92 Å². The lowest BCUT2D eigenvalue weighted by Gasteiger charge is -2.08. The summed E-state index contributed by atoms with van der Waals surface area (Å²) in [6.07, 6.45) is 3.22. The van der Waals surface area contributed by atoms with Crippen molar-refractivity contribution in [3.05, 3.63) is 33.3 Å². The standard InChI is InChI=1S/C11H10N6O2S/c1-5-13-16-11(20-5)12-9(18)6-3-17(2)4-7-8(6)14-15-10(7)19/h3-4H,1-2H3,(H,15,19)(H,12,16,18). The number of pyridine rings is 1. The largest absolute Gasteiger partial charge is 0.356 e. The Morgan fingerprint density at radius 2 is 2.20 bits per heavy atom. The molecule has 1 aromatic rings. The van der Waals surface area contributed by atoms with Gasteiger partial charge in [0.25, 0.3) is 11.5 Å². The summed E-state index contributed by atoms with van der Waals surface area (Å²) in [6.45, 7) is 1.80. The van der Waals surface area contributed by atoms with Crippen molar-refractivity contribution in [2.75, 3.05) is 5.32 Å². The van der Waals surface area contributed by atoms with Crippen LogP contribution < -0.4 is 10.9 Å². The SMILES string of the molecule is Cc1nnc(NC(=O)c2cn(C)cc3c(=O)[nH]nc2-3)s1. The number of aryl methyl sites for hydroxylation is 2. The van der Waals surface area contributed by atoms with E-state index >= 15 is 0 Å². The number of anilines is 1. The fourth-order valence-corrected chi connectivity index (χ4v) is 2.43. The summed E-state index contributed by atoms with van der Waals surface area (Å²) in [7, 11) is 1.73. The van der Waals surface area contributed by atoms with Gasteiger partial charge in [0.05, 0.1) is 11.1 Å². The first-order valence-corrected chi connectivity index (χ1v) is 6.52. The number of H-pyrrole nitrogens is 1. The van der Waals surface area contributed by atoms with Crippen LogP contribution >= 0.6 is 11.3 Å². The highest BCUT2D eigenvalue weighted by Gasteiger charge is 2.21. The van der Waals surface area contributed by atoms with Crippen molar-refractivity contribution in [3.63, 3.8) is 0 Å². The lowest BCUT2D eigenvalue weighted by molar-refractivity contribution is 0.102.